The van der Waals surface area contributed by atoms with Crippen molar-refractivity contribution < 1.29 is 4.79 Å². The highest BCUT2D eigenvalue weighted by atomic mass is 32.1. The summed E-state index contributed by atoms with van der Waals surface area (Å²) in [6.07, 6.45) is 7.45. The van der Waals surface area contributed by atoms with Gasteiger partial charge in [-0.15, -0.1) is 0 Å². The van der Waals surface area contributed by atoms with Crippen LogP contribution in [0.15, 0.2) is 0 Å². The molecule has 0 unspecified atom stereocenters. The largest absolute Gasteiger partial charge is 0.382 e. The molecule has 1 saturated heterocycles. The lowest BCUT2D eigenvalue weighted by Crippen LogP contribution is -2.38. The normalized spacial score (nSPS) is 22.0. The van der Waals surface area contributed by atoms with Gasteiger partial charge in [0.05, 0.1) is 0 Å². The number of aromatic nitrogens is 1. The third kappa shape index (κ3) is 2.73. The monoisotopic (exact) mass is 306 g/mol. The molecule has 3 aliphatic rings. The highest BCUT2D eigenvalue weighted by Crippen LogP contribution is 2.44. The quantitative estimate of drug-likeness (QED) is 0.875. The minimum Gasteiger partial charge on any atom is -0.382 e. The molecule has 0 bridgehead atoms. The van der Waals surface area contributed by atoms with E-state index in [4.69, 9.17) is 5.73 Å². The van der Waals surface area contributed by atoms with E-state index in [0.717, 1.165) is 18.2 Å². The molecule has 6 heteroatoms. The Hall–Kier alpha value is -1.30. The molecule has 0 atom stereocenters. The Kier molecular flexibility index (Phi) is 3.28. The Balaban J connectivity index is 1.48. The summed E-state index contributed by atoms with van der Waals surface area (Å²) in [6.45, 7) is 2.06. The van der Waals surface area contributed by atoms with Crippen molar-refractivity contribution in [1.82, 2.24) is 10.3 Å². The average Bonchev–Trinajstić information content (AvgIpc) is 3.39. The summed E-state index contributed by atoms with van der Waals surface area (Å²) in [6, 6.07) is 0.370. The predicted octanol–water partition coefficient (Wildman–Crippen LogP) is 2.24. The van der Waals surface area contributed by atoms with Crippen molar-refractivity contribution in [2.45, 2.75) is 44.6 Å². The minimum absolute atomic E-state index is 0.0146. The van der Waals surface area contributed by atoms with Crippen LogP contribution < -0.4 is 16.0 Å². The number of nitrogens with zero attached hydrogens (tertiary/aromatic N) is 2. The number of amides is 1. The van der Waals surface area contributed by atoms with Crippen molar-refractivity contribution >= 4 is 28.2 Å². The van der Waals surface area contributed by atoms with E-state index in [1.807, 2.05) is 0 Å². The number of nitrogen functional groups attached to an aromatic ring is 1. The van der Waals surface area contributed by atoms with Gasteiger partial charge in [-0.25, -0.2) is 4.98 Å². The Morgan fingerprint density at radius 3 is 2.43 bits per heavy atom. The summed E-state index contributed by atoms with van der Waals surface area (Å²) in [5.41, 5.74) is 5.98. The van der Waals surface area contributed by atoms with Crippen LogP contribution in [-0.2, 0) is 0 Å². The van der Waals surface area contributed by atoms with Crippen molar-refractivity contribution in [3.05, 3.63) is 4.88 Å². The highest BCUT2D eigenvalue weighted by Gasteiger charge is 2.42. The molecule has 5 nitrogen and oxygen atoms in total. The Morgan fingerprint density at radius 1 is 1.24 bits per heavy atom. The Bertz CT molecular complexity index is 532. The number of anilines is 2. The zero-order chi connectivity index (χ0) is 14.4. The number of hydrogen-bond donors (Lipinski definition) is 2. The van der Waals surface area contributed by atoms with E-state index in [1.54, 1.807) is 0 Å². The fraction of sp³-hybridized carbons (Fsp3) is 0.733. The number of rotatable bonds is 5. The van der Waals surface area contributed by atoms with Crippen LogP contribution in [0.2, 0.25) is 0 Å². The van der Waals surface area contributed by atoms with Gasteiger partial charge >= 0.3 is 0 Å². The minimum atomic E-state index is -0.0146. The summed E-state index contributed by atoms with van der Waals surface area (Å²) < 4.78 is 0. The fourth-order valence-corrected chi connectivity index (χ4v) is 4.21. The second-order valence-electron chi connectivity index (χ2n) is 6.58. The number of nitrogens with one attached hydrogen (secondary N) is 1. The van der Waals surface area contributed by atoms with E-state index in [2.05, 4.69) is 15.2 Å². The van der Waals surface area contributed by atoms with E-state index in [-0.39, 0.29) is 5.91 Å². The summed E-state index contributed by atoms with van der Waals surface area (Å²) in [5.74, 6) is 1.78. The van der Waals surface area contributed by atoms with Crippen LogP contribution in [-0.4, -0.2) is 30.0 Å². The summed E-state index contributed by atoms with van der Waals surface area (Å²) in [4.78, 5) is 19.8. The first-order chi connectivity index (χ1) is 10.2. The molecule has 1 aliphatic heterocycles. The summed E-state index contributed by atoms with van der Waals surface area (Å²) in [7, 11) is 0. The van der Waals surface area contributed by atoms with Gasteiger partial charge in [-0.1, -0.05) is 11.3 Å². The van der Waals surface area contributed by atoms with Crippen LogP contribution in [0.5, 0.6) is 0 Å². The maximum atomic E-state index is 12.5. The molecule has 1 aromatic rings. The lowest BCUT2D eigenvalue weighted by molar-refractivity contribution is 0.0931. The van der Waals surface area contributed by atoms with E-state index in [0.29, 0.717) is 28.6 Å². The molecule has 2 aliphatic carbocycles. The summed E-state index contributed by atoms with van der Waals surface area (Å²) >= 11 is 1.45. The van der Waals surface area contributed by atoms with Crippen molar-refractivity contribution in [3.63, 3.8) is 0 Å². The molecule has 0 spiro atoms. The van der Waals surface area contributed by atoms with Crippen LogP contribution in [0.4, 0.5) is 10.9 Å². The smallest absolute Gasteiger partial charge is 0.265 e. The van der Waals surface area contributed by atoms with Crippen LogP contribution in [0.25, 0.3) is 0 Å². The molecule has 114 valence electrons. The van der Waals surface area contributed by atoms with Crippen molar-refractivity contribution in [2.24, 2.45) is 11.8 Å². The first kappa shape index (κ1) is 13.4. The van der Waals surface area contributed by atoms with E-state index < -0.39 is 0 Å². The molecule has 3 fully saturated rings. The fourth-order valence-electron chi connectivity index (χ4n) is 3.27. The molecular formula is C15H22N4OS. The maximum absolute atomic E-state index is 12.5. The highest BCUT2D eigenvalue weighted by molar-refractivity contribution is 7.18. The molecule has 2 heterocycles. The molecule has 3 N–H and O–H groups in total. The molecule has 1 amide bonds. The zero-order valence-corrected chi connectivity index (χ0v) is 13.0. The van der Waals surface area contributed by atoms with Crippen LogP contribution in [0, 0.1) is 11.8 Å². The first-order valence-electron chi connectivity index (χ1n) is 8.04. The number of carbonyl (C=O) groups excluding carboxylic acids is 1. The second kappa shape index (κ2) is 5.16. The predicted molar refractivity (Wildman–Crippen MR) is 84.7 cm³/mol. The molecule has 2 saturated carbocycles. The van der Waals surface area contributed by atoms with Crippen LogP contribution in [0.3, 0.4) is 0 Å². The SMILES string of the molecule is Nc1nc(N2CCCC2)sc1C(=O)NC(C1CC1)C1CC1. The second-order valence-corrected chi connectivity index (χ2v) is 7.56. The number of thiazole rings is 1. The van der Waals surface area contributed by atoms with E-state index in [1.165, 1.54) is 49.9 Å². The van der Waals surface area contributed by atoms with Gasteiger partial charge in [-0.2, -0.15) is 0 Å². The molecule has 0 radical (unpaired) electrons. The lowest BCUT2D eigenvalue weighted by Gasteiger charge is -2.17. The standard InChI is InChI=1S/C15H22N4OS/c16-13-12(21-15(18-13)19-7-1-2-8-19)14(20)17-11(9-3-4-9)10-5-6-10/h9-11H,1-8,16H2,(H,17,20). The molecular weight excluding hydrogens is 284 g/mol. The third-order valence-corrected chi connectivity index (χ3v) is 5.91. The van der Waals surface area contributed by atoms with Crippen LogP contribution >= 0.6 is 11.3 Å². The van der Waals surface area contributed by atoms with Gasteiger partial charge < -0.3 is 16.0 Å². The van der Waals surface area contributed by atoms with Gasteiger partial charge in [0, 0.05) is 19.1 Å². The van der Waals surface area contributed by atoms with Crippen LogP contribution in [0.1, 0.15) is 48.2 Å². The molecule has 1 aromatic heterocycles. The van der Waals surface area contributed by atoms with E-state index >= 15 is 0 Å². The Morgan fingerprint density at radius 2 is 1.86 bits per heavy atom. The summed E-state index contributed by atoms with van der Waals surface area (Å²) in [5, 5.41) is 4.14. The van der Waals surface area contributed by atoms with Gasteiger partial charge in [-0.3, -0.25) is 4.79 Å². The van der Waals surface area contributed by atoms with Gasteiger partial charge in [0.2, 0.25) is 0 Å². The topological polar surface area (TPSA) is 71.2 Å². The van der Waals surface area contributed by atoms with Gasteiger partial charge in [-0.05, 0) is 50.4 Å². The average molecular weight is 306 g/mol. The number of carbonyl (C=O) groups is 1. The maximum Gasteiger partial charge on any atom is 0.265 e. The number of nitrogens with two attached hydrogens (primary N) is 1. The molecule has 4 rings (SSSR count). The lowest BCUT2D eigenvalue weighted by atomic mass is 10.1. The zero-order valence-electron chi connectivity index (χ0n) is 12.2. The van der Waals surface area contributed by atoms with Gasteiger partial charge in [0.1, 0.15) is 10.7 Å². The van der Waals surface area contributed by atoms with Gasteiger partial charge in [0.25, 0.3) is 5.91 Å². The molecule has 0 aromatic carbocycles. The van der Waals surface area contributed by atoms with Gasteiger partial charge in [0.15, 0.2) is 5.13 Å². The number of hydrogen-bond acceptors (Lipinski definition) is 5. The van der Waals surface area contributed by atoms with Crippen molar-refractivity contribution in [3.8, 4) is 0 Å². The van der Waals surface area contributed by atoms with E-state index in [9.17, 15) is 4.79 Å². The Labute approximate surface area is 128 Å². The van der Waals surface area contributed by atoms with Crippen molar-refractivity contribution in [2.75, 3.05) is 23.7 Å². The third-order valence-electron chi connectivity index (χ3n) is 4.78. The first-order valence-corrected chi connectivity index (χ1v) is 8.86. The molecule has 21 heavy (non-hydrogen) atoms. The van der Waals surface area contributed by atoms with Crippen molar-refractivity contribution in [1.29, 1.82) is 0 Å².